The van der Waals surface area contributed by atoms with E-state index in [9.17, 15) is 5.11 Å². The number of halogens is 2. The molecule has 78 valence electrons. The van der Waals surface area contributed by atoms with E-state index < -0.39 is 11.6 Å². The van der Waals surface area contributed by atoms with Gasteiger partial charge in [0.2, 0.25) is 0 Å². The molecule has 0 aliphatic heterocycles. The summed E-state index contributed by atoms with van der Waals surface area (Å²) < 4.78 is 0. The van der Waals surface area contributed by atoms with Crippen molar-refractivity contribution in [1.29, 1.82) is 0 Å². The third kappa shape index (κ3) is 2.61. The van der Waals surface area contributed by atoms with Crippen LogP contribution in [0, 0.1) is 0 Å². The predicted octanol–water partition coefficient (Wildman–Crippen LogP) is 2.76. The Kier molecular flexibility index (Phi) is 3.43. The molecule has 3 N–H and O–H groups in total. The van der Waals surface area contributed by atoms with Gasteiger partial charge >= 0.3 is 0 Å². The molecule has 4 heteroatoms. The highest BCUT2D eigenvalue weighted by molar-refractivity contribution is 6.35. The highest BCUT2D eigenvalue weighted by Crippen LogP contribution is 2.30. The number of benzene rings is 1. The van der Waals surface area contributed by atoms with Crippen LogP contribution in [0.25, 0.3) is 0 Å². The summed E-state index contributed by atoms with van der Waals surface area (Å²) in [6.45, 7) is 3.28. The van der Waals surface area contributed by atoms with Crippen LogP contribution < -0.4 is 5.73 Å². The summed E-state index contributed by atoms with van der Waals surface area (Å²) in [6, 6.07) is 4.53. The van der Waals surface area contributed by atoms with Gasteiger partial charge in [-0.3, -0.25) is 0 Å². The number of nitrogens with two attached hydrogens (primary N) is 1. The molecular weight excluding hydrogens is 221 g/mol. The van der Waals surface area contributed by atoms with E-state index in [1.54, 1.807) is 32.0 Å². The van der Waals surface area contributed by atoms with Crippen molar-refractivity contribution >= 4 is 23.2 Å². The zero-order chi connectivity index (χ0) is 10.9. The molecule has 0 saturated heterocycles. The Morgan fingerprint density at radius 1 is 1.36 bits per heavy atom. The number of rotatable bonds is 2. The van der Waals surface area contributed by atoms with Gasteiger partial charge in [0.05, 0.1) is 11.6 Å². The zero-order valence-corrected chi connectivity index (χ0v) is 9.60. The molecule has 0 bridgehead atoms. The maximum atomic E-state index is 9.72. The number of hydrogen-bond donors (Lipinski definition) is 2. The first-order chi connectivity index (χ1) is 6.32. The molecule has 0 saturated carbocycles. The maximum Gasteiger partial charge on any atom is 0.0784 e. The van der Waals surface area contributed by atoms with E-state index >= 15 is 0 Å². The second kappa shape index (κ2) is 4.07. The minimum absolute atomic E-state index is 0.479. The fourth-order valence-corrected chi connectivity index (χ4v) is 1.66. The molecule has 1 aromatic rings. The van der Waals surface area contributed by atoms with Gasteiger partial charge < -0.3 is 10.8 Å². The van der Waals surface area contributed by atoms with Crippen molar-refractivity contribution in [1.82, 2.24) is 0 Å². The van der Waals surface area contributed by atoms with Crippen LogP contribution in [-0.2, 0) is 0 Å². The lowest BCUT2D eigenvalue weighted by Crippen LogP contribution is -2.35. The molecule has 1 aromatic carbocycles. The van der Waals surface area contributed by atoms with E-state index in [1.807, 2.05) is 0 Å². The van der Waals surface area contributed by atoms with Crippen LogP contribution in [0.2, 0.25) is 10.0 Å². The van der Waals surface area contributed by atoms with Gasteiger partial charge in [-0.25, -0.2) is 0 Å². The third-order valence-electron chi connectivity index (χ3n) is 2.06. The van der Waals surface area contributed by atoms with E-state index in [0.717, 1.165) is 0 Å². The first-order valence-corrected chi connectivity index (χ1v) is 5.01. The normalized spacial score (nSPS) is 14.1. The molecule has 0 radical (unpaired) electrons. The first-order valence-electron chi connectivity index (χ1n) is 4.25. The summed E-state index contributed by atoms with van der Waals surface area (Å²) in [5.41, 5.74) is 5.54. The van der Waals surface area contributed by atoms with Crippen LogP contribution in [-0.4, -0.2) is 10.7 Å². The standard InChI is InChI=1S/C10H13Cl2NO/c1-10(2,14)9(13)7-4-3-6(11)5-8(7)12/h3-5,9,14H,13H2,1-2H3. The molecule has 0 aliphatic carbocycles. The Balaban J connectivity index is 3.08. The molecule has 14 heavy (non-hydrogen) atoms. The van der Waals surface area contributed by atoms with Gasteiger partial charge in [-0.2, -0.15) is 0 Å². The van der Waals surface area contributed by atoms with Gasteiger partial charge in [0.15, 0.2) is 0 Å². The number of aliphatic hydroxyl groups is 1. The minimum Gasteiger partial charge on any atom is -0.388 e. The van der Waals surface area contributed by atoms with Crippen LogP contribution in [0.5, 0.6) is 0 Å². The summed E-state index contributed by atoms with van der Waals surface area (Å²) in [7, 11) is 0. The molecule has 2 nitrogen and oxygen atoms in total. The van der Waals surface area contributed by atoms with Crippen molar-refractivity contribution in [3.05, 3.63) is 33.8 Å². The SMILES string of the molecule is CC(C)(O)C(N)c1ccc(Cl)cc1Cl. The van der Waals surface area contributed by atoms with Gasteiger partial charge in [0.1, 0.15) is 0 Å². The lowest BCUT2D eigenvalue weighted by atomic mass is 9.93. The summed E-state index contributed by atoms with van der Waals surface area (Å²) in [6.07, 6.45) is 0. The molecule has 1 rings (SSSR count). The van der Waals surface area contributed by atoms with E-state index in [0.29, 0.717) is 15.6 Å². The Morgan fingerprint density at radius 3 is 2.36 bits per heavy atom. The fourth-order valence-electron chi connectivity index (χ4n) is 1.13. The summed E-state index contributed by atoms with van der Waals surface area (Å²) in [4.78, 5) is 0. The first kappa shape index (κ1) is 11.8. The summed E-state index contributed by atoms with van der Waals surface area (Å²) in [5.74, 6) is 0. The minimum atomic E-state index is -1.00. The van der Waals surface area contributed by atoms with Crippen LogP contribution in [0.1, 0.15) is 25.5 Å². The quantitative estimate of drug-likeness (QED) is 0.826. The molecule has 0 aromatic heterocycles. The Hall–Kier alpha value is -0.280. The van der Waals surface area contributed by atoms with E-state index in [2.05, 4.69) is 0 Å². The zero-order valence-electron chi connectivity index (χ0n) is 8.09. The molecule has 0 heterocycles. The molecule has 0 spiro atoms. The fraction of sp³-hybridized carbons (Fsp3) is 0.400. The van der Waals surface area contributed by atoms with Gasteiger partial charge in [-0.05, 0) is 31.5 Å². The molecule has 1 atom stereocenters. The maximum absolute atomic E-state index is 9.72. The highest BCUT2D eigenvalue weighted by Gasteiger charge is 2.26. The van der Waals surface area contributed by atoms with E-state index in [-0.39, 0.29) is 0 Å². The molecular formula is C10H13Cl2NO. The Labute approximate surface area is 93.6 Å². The predicted molar refractivity (Wildman–Crippen MR) is 59.7 cm³/mol. The average molecular weight is 234 g/mol. The largest absolute Gasteiger partial charge is 0.388 e. The molecule has 1 unspecified atom stereocenters. The highest BCUT2D eigenvalue weighted by atomic mass is 35.5. The van der Waals surface area contributed by atoms with Crippen LogP contribution in [0.15, 0.2) is 18.2 Å². The second-order valence-electron chi connectivity index (χ2n) is 3.80. The van der Waals surface area contributed by atoms with Crippen molar-refractivity contribution in [3.63, 3.8) is 0 Å². The van der Waals surface area contributed by atoms with Gasteiger partial charge in [0, 0.05) is 10.0 Å². The average Bonchev–Trinajstić information content (AvgIpc) is 2.01. The van der Waals surface area contributed by atoms with Gasteiger partial charge in [0.25, 0.3) is 0 Å². The Morgan fingerprint density at radius 2 is 1.93 bits per heavy atom. The van der Waals surface area contributed by atoms with Crippen molar-refractivity contribution in [2.45, 2.75) is 25.5 Å². The summed E-state index contributed by atoms with van der Waals surface area (Å²) in [5, 5.41) is 10.8. The van der Waals surface area contributed by atoms with Crippen LogP contribution in [0.4, 0.5) is 0 Å². The molecule has 0 aliphatic rings. The second-order valence-corrected chi connectivity index (χ2v) is 4.64. The van der Waals surface area contributed by atoms with Gasteiger partial charge in [-0.15, -0.1) is 0 Å². The van der Waals surface area contributed by atoms with Gasteiger partial charge in [-0.1, -0.05) is 29.3 Å². The molecule has 0 fully saturated rings. The van der Waals surface area contributed by atoms with Crippen molar-refractivity contribution in [3.8, 4) is 0 Å². The lowest BCUT2D eigenvalue weighted by molar-refractivity contribution is 0.0517. The lowest BCUT2D eigenvalue weighted by Gasteiger charge is -2.26. The summed E-state index contributed by atoms with van der Waals surface area (Å²) >= 11 is 11.7. The van der Waals surface area contributed by atoms with Crippen LogP contribution in [0.3, 0.4) is 0 Å². The number of hydrogen-bond acceptors (Lipinski definition) is 2. The van der Waals surface area contributed by atoms with E-state index in [4.69, 9.17) is 28.9 Å². The smallest absolute Gasteiger partial charge is 0.0784 e. The third-order valence-corrected chi connectivity index (χ3v) is 2.62. The monoisotopic (exact) mass is 233 g/mol. The van der Waals surface area contributed by atoms with Crippen molar-refractivity contribution in [2.75, 3.05) is 0 Å². The topological polar surface area (TPSA) is 46.2 Å². The molecule has 0 amide bonds. The van der Waals surface area contributed by atoms with Crippen molar-refractivity contribution < 1.29 is 5.11 Å². The van der Waals surface area contributed by atoms with Crippen molar-refractivity contribution in [2.24, 2.45) is 5.73 Å². The van der Waals surface area contributed by atoms with E-state index in [1.165, 1.54) is 0 Å². The Bertz CT molecular complexity index is 333. The van der Waals surface area contributed by atoms with Crippen LogP contribution >= 0.6 is 23.2 Å².